The van der Waals surface area contributed by atoms with Crippen molar-refractivity contribution in [1.82, 2.24) is 15.2 Å². The van der Waals surface area contributed by atoms with Crippen LogP contribution in [0.3, 0.4) is 0 Å². The van der Waals surface area contributed by atoms with Crippen molar-refractivity contribution in [2.24, 2.45) is 5.10 Å². The molecule has 2 aromatic heterocycles. The number of pyridine rings is 1. The fraction of sp³-hybridized carbons (Fsp3) is 0.217. The normalized spacial score (nSPS) is 19.9. The first-order valence-electron chi connectivity index (χ1n) is 10.7. The van der Waals surface area contributed by atoms with Gasteiger partial charge in [-0.25, -0.2) is 9.18 Å². The van der Waals surface area contributed by atoms with Gasteiger partial charge in [0.1, 0.15) is 11.3 Å². The van der Waals surface area contributed by atoms with Crippen LogP contribution in [0, 0.1) is 5.82 Å². The number of rotatable bonds is 2. The molecule has 0 spiro atoms. The number of phenolic OH excluding ortho intramolecular Hbond substituents is 1. The van der Waals surface area contributed by atoms with Gasteiger partial charge in [-0.3, -0.25) is 0 Å². The number of aromatic nitrogens is 3. The number of hydrazone groups is 1. The zero-order valence-electron chi connectivity index (χ0n) is 18.1. The highest BCUT2D eigenvalue weighted by Gasteiger charge is 2.39. The van der Waals surface area contributed by atoms with Crippen LogP contribution >= 0.6 is 0 Å². The molecule has 1 atom stereocenters. The Hall–Kier alpha value is -4.41. The van der Waals surface area contributed by atoms with Crippen LogP contribution in [0.15, 0.2) is 41.6 Å². The summed E-state index contributed by atoms with van der Waals surface area (Å²) >= 11 is 0. The summed E-state index contributed by atoms with van der Waals surface area (Å²) in [5.41, 5.74) is 3.64. The minimum Gasteiger partial charge on any atom is -0.504 e. The highest BCUT2D eigenvalue weighted by atomic mass is 19.1. The minimum absolute atomic E-state index is 0.147. The standard InChI is InChI=1S/C23H18FN7O3/c1-34-23(33)13-5-12-9-27-31(22(12)26-8-13)15-6-14-10-25-21-19(30(14)11-15)7-18(28-29-21)16-3-2-4-17(24)20(16)32/h2-5,7-9,14H,6,10-11H2,1H3,(H-,25,28,29,32)/p+1/b31-15-. The molecular weight excluding hydrogens is 441 g/mol. The lowest BCUT2D eigenvalue weighted by atomic mass is 10.1. The maximum Gasteiger partial charge on any atom is 0.357 e. The lowest BCUT2D eigenvalue weighted by Gasteiger charge is -2.32. The van der Waals surface area contributed by atoms with Crippen LogP contribution in [0.25, 0.3) is 11.3 Å². The summed E-state index contributed by atoms with van der Waals surface area (Å²) in [7, 11) is 1.33. The van der Waals surface area contributed by atoms with Crippen molar-refractivity contribution >= 4 is 35.2 Å². The summed E-state index contributed by atoms with van der Waals surface area (Å²) in [6, 6.07) is 7.99. The maximum atomic E-state index is 13.9. The third-order valence-electron chi connectivity index (χ3n) is 6.24. The Morgan fingerprint density at radius 1 is 1.32 bits per heavy atom. The number of benzene rings is 1. The number of hydrogen-bond acceptors (Lipinski definition) is 9. The van der Waals surface area contributed by atoms with Crippen LogP contribution in [-0.2, 0) is 4.74 Å². The van der Waals surface area contributed by atoms with Crippen molar-refractivity contribution in [2.75, 3.05) is 30.4 Å². The molecule has 0 bridgehead atoms. The first-order chi connectivity index (χ1) is 16.5. The van der Waals surface area contributed by atoms with E-state index >= 15 is 0 Å². The number of para-hydroxylation sites is 1. The monoisotopic (exact) mass is 460 g/mol. The number of phenols is 1. The Balaban J connectivity index is 1.35. The molecule has 3 aliphatic rings. The van der Waals surface area contributed by atoms with Gasteiger partial charge in [-0.1, -0.05) is 11.2 Å². The fourth-order valence-corrected chi connectivity index (χ4v) is 4.57. The van der Waals surface area contributed by atoms with Crippen LogP contribution in [0.4, 0.5) is 21.7 Å². The van der Waals surface area contributed by atoms with Gasteiger partial charge in [-0.2, -0.15) is 0 Å². The van der Waals surface area contributed by atoms with Gasteiger partial charge in [0.2, 0.25) is 0 Å². The van der Waals surface area contributed by atoms with Crippen LogP contribution in [0.1, 0.15) is 22.3 Å². The number of nitrogens with zero attached hydrogens (tertiary/aromatic N) is 6. The Morgan fingerprint density at radius 2 is 2.21 bits per heavy atom. The molecule has 0 amide bonds. The number of hydrogen-bond donors (Lipinski definition) is 2. The summed E-state index contributed by atoms with van der Waals surface area (Å²) in [6.07, 6.45) is 3.91. The van der Waals surface area contributed by atoms with E-state index in [1.807, 2.05) is 4.68 Å². The summed E-state index contributed by atoms with van der Waals surface area (Å²) in [6.45, 7) is 1.26. The van der Waals surface area contributed by atoms with Crippen LogP contribution in [-0.4, -0.2) is 69.1 Å². The SMILES string of the molecule is COC(=O)c1cnc2c(c1)C=N/[N+]2=C1/CC2CNc3nnc(-c4cccc(F)c4O)cc3N2C1. The van der Waals surface area contributed by atoms with Crippen LogP contribution < -0.4 is 10.2 Å². The first kappa shape index (κ1) is 20.2. The number of fused-ring (bicyclic) bond motifs is 4. The third-order valence-corrected chi connectivity index (χ3v) is 6.24. The van der Waals surface area contributed by atoms with Crippen molar-refractivity contribution in [1.29, 1.82) is 0 Å². The zero-order chi connectivity index (χ0) is 23.4. The molecule has 3 aliphatic heterocycles. The Bertz CT molecular complexity index is 1420. The van der Waals surface area contributed by atoms with Crippen molar-refractivity contribution < 1.29 is 23.7 Å². The molecule has 0 aliphatic carbocycles. The first-order valence-corrected chi connectivity index (χ1v) is 10.7. The Kier molecular flexibility index (Phi) is 4.51. The maximum absolute atomic E-state index is 13.9. The molecule has 1 aromatic carbocycles. The van der Waals surface area contributed by atoms with E-state index < -0.39 is 17.5 Å². The van der Waals surface area contributed by atoms with Gasteiger partial charge in [-0.15, -0.1) is 14.9 Å². The second-order valence-electron chi connectivity index (χ2n) is 8.22. The zero-order valence-corrected chi connectivity index (χ0v) is 18.1. The largest absolute Gasteiger partial charge is 0.504 e. The number of carbonyl (C=O) groups is 1. The summed E-state index contributed by atoms with van der Waals surface area (Å²) in [4.78, 5) is 18.5. The smallest absolute Gasteiger partial charge is 0.357 e. The van der Waals surface area contributed by atoms with E-state index in [0.29, 0.717) is 36.0 Å². The Morgan fingerprint density at radius 3 is 3.06 bits per heavy atom. The number of methoxy groups -OCH3 is 1. The average molecular weight is 460 g/mol. The third kappa shape index (κ3) is 3.08. The molecule has 2 N–H and O–H groups in total. The van der Waals surface area contributed by atoms with Crippen LogP contribution in [0.2, 0.25) is 0 Å². The van der Waals surface area contributed by atoms with Crippen LogP contribution in [0.5, 0.6) is 5.75 Å². The molecule has 10 nitrogen and oxygen atoms in total. The fourth-order valence-electron chi connectivity index (χ4n) is 4.57. The quantitative estimate of drug-likeness (QED) is 0.442. The van der Waals surface area contributed by atoms with E-state index in [1.165, 1.54) is 25.4 Å². The molecule has 34 heavy (non-hydrogen) atoms. The predicted molar refractivity (Wildman–Crippen MR) is 121 cm³/mol. The number of halogens is 1. The number of ether oxygens (including phenoxy) is 1. The van der Waals surface area contributed by atoms with Crippen molar-refractivity contribution in [2.45, 2.75) is 12.5 Å². The Labute approximate surface area is 193 Å². The van der Waals surface area contributed by atoms with E-state index in [-0.39, 0.29) is 11.6 Å². The molecule has 5 heterocycles. The minimum atomic E-state index is -0.710. The highest BCUT2D eigenvalue weighted by molar-refractivity contribution is 5.97. The van der Waals surface area contributed by atoms with Gasteiger partial charge < -0.3 is 20.1 Å². The van der Waals surface area contributed by atoms with Gasteiger partial charge in [0.05, 0.1) is 42.9 Å². The lowest BCUT2D eigenvalue weighted by molar-refractivity contribution is -0.446. The number of esters is 1. The number of carbonyl (C=O) groups excluding carboxylic acids is 1. The van der Waals surface area contributed by atoms with E-state index in [4.69, 9.17) is 4.74 Å². The summed E-state index contributed by atoms with van der Waals surface area (Å²) < 4.78 is 20.5. The second-order valence-corrected chi connectivity index (χ2v) is 8.22. The topological polar surface area (TPSA) is 116 Å². The molecule has 1 saturated heterocycles. The number of anilines is 2. The van der Waals surface area contributed by atoms with Gasteiger partial charge in [0.25, 0.3) is 0 Å². The summed E-state index contributed by atoms with van der Waals surface area (Å²) in [5, 5.41) is 26.4. The molecule has 1 unspecified atom stereocenters. The van der Waals surface area contributed by atoms with Gasteiger partial charge in [0, 0.05) is 18.5 Å². The van der Waals surface area contributed by atoms with E-state index in [1.54, 1.807) is 24.4 Å². The van der Waals surface area contributed by atoms with Crippen molar-refractivity contribution in [3.05, 3.63) is 53.5 Å². The number of aromatic hydroxyl groups is 1. The van der Waals surface area contributed by atoms with Crippen molar-refractivity contribution in [3.63, 3.8) is 0 Å². The van der Waals surface area contributed by atoms with E-state index in [9.17, 15) is 14.3 Å². The molecule has 3 aromatic rings. The second kappa shape index (κ2) is 7.58. The predicted octanol–water partition coefficient (Wildman–Crippen LogP) is 2.31. The molecule has 1 fully saturated rings. The van der Waals surface area contributed by atoms with E-state index in [0.717, 1.165) is 23.4 Å². The molecule has 0 radical (unpaired) electrons. The number of nitrogens with one attached hydrogen (secondary N) is 1. The molecular formula is C23H19FN7O3+. The lowest BCUT2D eigenvalue weighted by Crippen LogP contribution is -2.39. The average Bonchev–Trinajstić information content (AvgIpc) is 3.48. The van der Waals surface area contributed by atoms with Crippen molar-refractivity contribution in [3.8, 4) is 17.0 Å². The van der Waals surface area contributed by atoms with E-state index in [2.05, 4.69) is 30.5 Å². The highest BCUT2D eigenvalue weighted by Crippen LogP contribution is 2.38. The molecule has 0 saturated carbocycles. The van der Waals surface area contributed by atoms with Gasteiger partial charge in [-0.05, 0) is 29.2 Å². The van der Waals surface area contributed by atoms with Gasteiger partial charge >= 0.3 is 11.8 Å². The molecule has 170 valence electrons. The van der Waals surface area contributed by atoms with Gasteiger partial charge in [0.15, 0.2) is 23.6 Å². The summed E-state index contributed by atoms with van der Waals surface area (Å²) in [5.74, 6) is -0.321. The molecule has 11 heteroatoms. The molecule has 6 rings (SSSR count).